The highest BCUT2D eigenvalue weighted by Crippen LogP contribution is 2.34. The summed E-state index contributed by atoms with van der Waals surface area (Å²) in [5.74, 6) is 1.05. The molecular formula is C18H28FNO. The highest BCUT2D eigenvalue weighted by molar-refractivity contribution is 5.22. The van der Waals surface area contributed by atoms with Crippen LogP contribution in [0.4, 0.5) is 4.39 Å². The summed E-state index contributed by atoms with van der Waals surface area (Å²) >= 11 is 0. The lowest BCUT2D eigenvalue weighted by atomic mass is 9.81. The Morgan fingerprint density at radius 3 is 2.43 bits per heavy atom. The molecule has 0 amide bonds. The molecule has 1 N–H and O–H groups in total. The van der Waals surface area contributed by atoms with Gasteiger partial charge in [-0.15, -0.1) is 0 Å². The van der Waals surface area contributed by atoms with Crippen molar-refractivity contribution in [3.05, 3.63) is 35.6 Å². The molecule has 1 atom stereocenters. The summed E-state index contributed by atoms with van der Waals surface area (Å²) in [7, 11) is 1.73. The van der Waals surface area contributed by atoms with Crippen molar-refractivity contribution in [3.63, 3.8) is 0 Å². The topological polar surface area (TPSA) is 21.3 Å². The highest BCUT2D eigenvalue weighted by Gasteiger charge is 2.24. The van der Waals surface area contributed by atoms with Gasteiger partial charge in [-0.2, -0.15) is 0 Å². The Bertz CT molecular complexity index is 385. The van der Waals surface area contributed by atoms with Crippen molar-refractivity contribution in [1.82, 2.24) is 5.32 Å². The molecule has 0 saturated heterocycles. The minimum Gasteiger partial charge on any atom is -0.383 e. The maximum atomic E-state index is 13.2. The van der Waals surface area contributed by atoms with Gasteiger partial charge >= 0.3 is 0 Å². The van der Waals surface area contributed by atoms with Gasteiger partial charge < -0.3 is 10.1 Å². The number of ether oxygens (including phenoxy) is 1. The second-order valence-electron chi connectivity index (χ2n) is 6.11. The average molecular weight is 293 g/mol. The van der Waals surface area contributed by atoms with Gasteiger partial charge in [0.05, 0.1) is 6.61 Å². The van der Waals surface area contributed by atoms with Crippen LogP contribution in [0.1, 0.15) is 50.0 Å². The monoisotopic (exact) mass is 293 g/mol. The Kier molecular flexibility index (Phi) is 7.17. The van der Waals surface area contributed by atoms with E-state index in [-0.39, 0.29) is 5.82 Å². The summed E-state index contributed by atoms with van der Waals surface area (Å²) in [5, 5.41) is 3.50. The number of halogens is 1. The highest BCUT2D eigenvalue weighted by atomic mass is 19.1. The van der Waals surface area contributed by atoms with E-state index in [1.165, 1.54) is 44.1 Å². The fourth-order valence-corrected chi connectivity index (χ4v) is 3.41. The van der Waals surface area contributed by atoms with E-state index >= 15 is 0 Å². The summed E-state index contributed by atoms with van der Waals surface area (Å²) in [4.78, 5) is 0. The molecule has 0 aromatic heterocycles. The molecule has 1 saturated carbocycles. The zero-order valence-corrected chi connectivity index (χ0v) is 13.1. The molecule has 0 aliphatic heterocycles. The van der Waals surface area contributed by atoms with E-state index in [9.17, 15) is 4.39 Å². The van der Waals surface area contributed by atoms with Gasteiger partial charge in [-0.25, -0.2) is 4.39 Å². The van der Waals surface area contributed by atoms with E-state index in [0.29, 0.717) is 11.8 Å². The third-order valence-corrected chi connectivity index (χ3v) is 4.61. The van der Waals surface area contributed by atoms with Gasteiger partial charge in [-0.1, -0.05) is 37.8 Å². The predicted molar refractivity (Wildman–Crippen MR) is 85.1 cm³/mol. The van der Waals surface area contributed by atoms with Crippen molar-refractivity contribution in [1.29, 1.82) is 0 Å². The second kappa shape index (κ2) is 9.16. The lowest BCUT2D eigenvalue weighted by Crippen LogP contribution is -2.29. The average Bonchev–Trinajstić information content (AvgIpc) is 2.78. The van der Waals surface area contributed by atoms with Crippen molar-refractivity contribution in [3.8, 4) is 0 Å². The number of nitrogens with one attached hydrogen (secondary N) is 1. The molecule has 1 fully saturated rings. The largest absolute Gasteiger partial charge is 0.383 e. The SMILES string of the molecule is COCCNCC(c1ccc(F)cc1)C1CCCCCC1. The lowest BCUT2D eigenvalue weighted by molar-refractivity contribution is 0.197. The third kappa shape index (κ3) is 5.40. The molecule has 1 aromatic rings. The van der Waals surface area contributed by atoms with Crippen LogP contribution in [0.3, 0.4) is 0 Å². The van der Waals surface area contributed by atoms with Gasteiger partial charge in [-0.05, 0) is 42.4 Å². The summed E-state index contributed by atoms with van der Waals surface area (Å²) in [6.07, 6.45) is 8.00. The van der Waals surface area contributed by atoms with Gasteiger partial charge in [-0.3, -0.25) is 0 Å². The summed E-state index contributed by atoms with van der Waals surface area (Å²) in [5.41, 5.74) is 1.27. The van der Waals surface area contributed by atoms with E-state index in [2.05, 4.69) is 5.32 Å². The number of hydrogen-bond donors (Lipinski definition) is 1. The van der Waals surface area contributed by atoms with Crippen LogP contribution in [0.25, 0.3) is 0 Å². The van der Waals surface area contributed by atoms with Crippen molar-refractivity contribution < 1.29 is 9.13 Å². The second-order valence-corrected chi connectivity index (χ2v) is 6.11. The van der Waals surface area contributed by atoms with Crippen LogP contribution in [0.15, 0.2) is 24.3 Å². The smallest absolute Gasteiger partial charge is 0.123 e. The van der Waals surface area contributed by atoms with E-state index in [0.717, 1.165) is 19.7 Å². The molecule has 21 heavy (non-hydrogen) atoms. The summed E-state index contributed by atoms with van der Waals surface area (Å²) in [6.45, 7) is 2.57. The molecule has 118 valence electrons. The summed E-state index contributed by atoms with van der Waals surface area (Å²) in [6, 6.07) is 7.11. The first-order chi connectivity index (χ1) is 10.3. The van der Waals surface area contributed by atoms with Crippen LogP contribution in [-0.4, -0.2) is 26.8 Å². The van der Waals surface area contributed by atoms with Crippen molar-refractivity contribution >= 4 is 0 Å². The Morgan fingerprint density at radius 1 is 1.14 bits per heavy atom. The van der Waals surface area contributed by atoms with Crippen molar-refractivity contribution in [2.75, 3.05) is 26.8 Å². The molecule has 1 aliphatic carbocycles. The minimum absolute atomic E-state index is 0.147. The standard InChI is InChI=1S/C18H28FNO/c1-21-13-12-20-14-18(15-6-4-2-3-5-7-15)16-8-10-17(19)11-9-16/h8-11,15,18,20H,2-7,12-14H2,1H3. The lowest BCUT2D eigenvalue weighted by Gasteiger charge is -2.27. The first kappa shape index (κ1) is 16.4. The number of rotatable bonds is 7. The normalized spacial score (nSPS) is 18.4. The molecule has 0 spiro atoms. The Balaban J connectivity index is 2.03. The van der Waals surface area contributed by atoms with Crippen molar-refractivity contribution in [2.24, 2.45) is 5.92 Å². The maximum absolute atomic E-state index is 13.2. The van der Waals surface area contributed by atoms with E-state index in [1.54, 1.807) is 19.2 Å². The van der Waals surface area contributed by atoms with Crippen LogP contribution in [0.5, 0.6) is 0 Å². The van der Waals surface area contributed by atoms with Gasteiger partial charge in [0.25, 0.3) is 0 Å². The third-order valence-electron chi connectivity index (χ3n) is 4.61. The Morgan fingerprint density at radius 2 is 1.81 bits per heavy atom. The van der Waals surface area contributed by atoms with Gasteiger partial charge in [0.1, 0.15) is 5.82 Å². The number of methoxy groups -OCH3 is 1. The zero-order chi connectivity index (χ0) is 14.9. The predicted octanol–water partition coefficient (Wildman–Crippen LogP) is 4.12. The van der Waals surface area contributed by atoms with Crippen LogP contribution in [-0.2, 0) is 4.74 Å². The minimum atomic E-state index is -0.147. The van der Waals surface area contributed by atoms with Crippen LogP contribution >= 0.6 is 0 Å². The molecule has 1 aliphatic rings. The molecule has 1 aromatic carbocycles. The molecule has 0 radical (unpaired) electrons. The molecular weight excluding hydrogens is 265 g/mol. The fraction of sp³-hybridized carbons (Fsp3) is 0.667. The molecule has 3 heteroatoms. The number of hydrogen-bond acceptors (Lipinski definition) is 2. The van der Waals surface area contributed by atoms with Gasteiger partial charge in [0.15, 0.2) is 0 Å². The first-order valence-electron chi connectivity index (χ1n) is 8.26. The van der Waals surface area contributed by atoms with Crippen LogP contribution < -0.4 is 5.32 Å². The zero-order valence-electron chi connectivity index (χ0n) is 13.1. The van der Waals surface area contributed by atoms with Crippen molar-refractivity contribution in [2.45, 2.75) is 44.4 Å². The maximum Gasteiger partial charge on any atom is 0.123 e. The van der Waals surface area contributed by atoms with Crippen LogP contribution in [0.2, 0.25) is 0 Å². The van der Waals surface area contributed by atoms with Gasteiger partial charge in [0.2, 0.25) is 0 Å². The van der Waals surface area contributed by atoms with Gasteiger partial charge in [0, 0.05) is 20.2 Å². The van der Waals surface area contributed by atoms with E-state index < -0.39 is 0 Å². The quantitative estimate of drug-likeness (QED) is 0.603. The summed E-state index contributed by atoms with van der Waals surface area (Å²) < 4.78 is 18.3. The van der Waals surface area contributed by atoms with E-state index in [1.807, 2.05) is 12.1 Å². The Labute approximate surface area is 128 Å². The van der Waals surface area contributed by atoms with Crippen LogP contribution in [0, 0.1) is 11.7 Å². The molecule has 0 heterocycles. The first-order valence-corrected chi connectivity index (χ1v) is 8.26. The van der Waals surface area contributed by atoms with E-state index in [4.69, 9.17) is 4.74 Å². The molecule has 1 unspecified atom stereocenters. The fourth-order valence-electron chi connectivity index (χ4n) is 3.41. The molecule has 0 bridgehead atoms. The number of benzene rings is 1. The molecule has 2 nitrogen and oxygen atoms in total. The Hall–Kier alpha value is -0.930. The molecule has 2 rings (SSSR count).